The lowest BCUT2D eigenvalue weighted by Gasteiger charge is -2.15. The average Bonchev–Trinajstić information content (AvgIpc) is 1.85. The van der Waals surface area contributed by atoms with Gasteiger partial charge < -0.3 is 0 Å². The van der Waals surface area contributed by atoms with E-state index < -0.39 is 0 Å². The molecule has 0 aromatic carbocycles. The Hall–Kier alpha value is 0.983. The van der Waals surface area contributed by atoms with Crippen LogP contribution in [0.4, 0.5) is 0 Å². The summed E-state index contributed by atoms with van der Waals surface area (Å²) in [7, 11) is 1.41. The van der Waals surface area contributed by atoms with Crippen molar-refractivity contribution in [2.45, 2.75) is 54.2 Å². The van der Waals surface area contributed by atoms with E-state index in [9.17, 15) is 0 Å². The van der Waals surface area contributed by atoms with E-state index in [0.29, 0.717) is 0 Å². The Morgan fingerprint density at radius 2 is 1.82 bits per heavy atom. The molecule has 64 valence electrons. The molecule has 0 aromatic heterocycles. The van der Waals surface area contributed by atoms with Gasteiger partial charge in [-0.25, -0.2) is 0 Å². The maximum Gasteiger partial charge on any atom is 0.367 e. The first-order valence-corrected chi connectivity index (χ1v) is 7.77. The molecular weight excluding hydrogens is 160 g/mol. The molecule has 0 radical (unpaired) electrons. The van der Waals surface area contributed by atoms with Crippen LogP contribution in [0.1, 0.15) is 46.5 Å². The Morgan fingerprint density at radius 1 is 1.18 bits per heavy atom. The molecule has 2 heteroatoms. The van der Waals surface area contributed by atoms with Crippen molar-refractivity contribution in [2.24, 2.45) is 0 Å². The second-order valence-electron chi connectivity index (χ2n) is 4.72. The van der Waals surface area contributed by atoms with E-state index in [1.807, 2.05) is 0 Å². The standard InChI is InChI=1S/C6H13.C3H9Si.Mg/c1-3-5-6-4-2;1-3(2)4;/h1,3-6H2,2H3;1-2,4H3;. The predicted molar refractivity (Wildman–Crippen MR) is 58.7 cm³/mol. The lowest BCUT2D eigenvalue weighted by atomic mass is 10.2. The van der Waals surface area contributed by atoms with Crippen molar-refractivity contribution in [2.75, 3.05) is 0 Å². The first-order chi connectivity index (χ1) is 5.06. The van der Waals surface area contributed by atoms with Crippen LogP contribution in [0, 0.1) is 0 Å². The summed E-state index contributed by atoms with van der Waals surface area (Å²) >= 11 is 0.283. The van der Waals surface area contributed by atoms with Crippen molar-refractivity contribution in [1.82, 2.24) is 0 Å². The van der Waals surface area contributed by atoms with E-state index in [1.54, 1.807) is 4.55 Å². The zero-order valence-corrected chi connectivity index (χ0v) is 12.2. The van der Waals surface area contributed by atoms with Crippen LogP contribution >= 0.6 is 0 Å². The van der Waals surface area contributed by atoms with Crippen molar-refractivity contribution >= 4 is 30.6 Å². The maximum absolute atomic E-state index is 2.45. The Morgan fingerprint density at radius 3 is 2.27 bits per heavy atom. The van der Waals surface area contributed by atoms with Gasteiger partial charge in [-0.05, 0) is 10.2 Å². The molecule has 0 amide bonds. The fourth-order valence-electron chi connectivity index (χ4n) is 1.26. The Balaban J connectivity index is 3.02. The normalized spacial score (nSPS) is 11.5. The SMILES string of the molecule is CCCCC[CH2][Mg][C](C)(C)[SiH3]. The molecule has 0 aliphatic heterocycles. The lowest BCUT2D eigenvalue weighted by Crippen LogP contribution is -2.11. The van der Waals surface area contributed by atoms with Crippen molar-refractivity contribution < 1.29 is 0 Å². The van der Waals surface area contributed by atoms with Crippen LogP contribution in [-0.4, -0.2) is 30.6 Å². The minimum absolute atomic E-state index is 0.283. The molecule has 11 heavy (non-hydrogen) atoms. The molecule has 0 rings (SSSR count). The van der Waals surface area contributed by atoms with Gasteiger partial charge in [0.05, 0.1) is 0 Å². The van der Waals surface area contributed by atoms with Gasteiger partial charge in [0.2, 0.25) is 0 Å². The van der Waals surface area contributed by atoms with Gasteiger partial charge in [0.15, 0.2) is 0 Å². The summed E-state index contributed by atoms with van der Waals surface area (Å²) in [6.45, 7) is 7.19. The van der Waals surface area contributed by atoms with Gasteiger partial charge >= 0.3 is 20.4 Å². The van der Waals surface area contributed by atoms with Crippen LogP contribution in [-0.2, 0) is 0 Å². The van der Waals surface area contributed by atoms with E-state index >= 15 is 0 Å². The average molecular weight is 183 g/mol. The highest BCUT2D eigenvalue weighted by Crippen LogP contribution is 2.18. The van der Waals surface area contributed by atoms with Crippen LogP contribution in [0.3, 0.4) is 0 Å². The molecule has 0 atom stereocenters. The Kier molecular flexibility index (Phi) is 7.07. The summed E-state index contributed by atoms with van der Waals surface area (Å²) < 4.78 is 2.42. The Labute approximate surface area is 84.7 Å². The minimum Gasteiger partial charge on any atom is -0.145 e. The summed E-state index contributed by atoms with van der Waals surface area (Å²) in [5.74, 6) is 0. The van der Waals surface area contributed by atoms with E-state index in [2.05, 4.69) is 20.8 Å². The van der Waals surface area contributed by atoms with Crippen molar-refractivity contribution in [3.63, 3.8) is 0 Å². The molecule has 0 N–H and O–H groups in total. The highest BCUT2D eigenvalue weighted by atomic mass is 28.1. The molecule has 0 nitrogen and oxygen atoms in total. The van der Waals surface area contributed by atoms with Crippen molar-refractivity contribution in [3.05, 3.63) is 0 Å². The highest BCUT2D eigenvalue weighted by molar-refractivity contribution is 6.53. The number of hydrogen-bond donors (Lipinski definition) is 0. The molecule has 0 saturated heterocycles. The molecule has 0 aliphatic carbocycles. The molecular formula is C9H22MgSi. The maximum atomic E-state index is 2.45. The molecule has 0 fully saturated rings. The van der Waals surface area contributed by atoms with Gasteiger partial charge in [-0.15, -0.1) is 7.72 Å². The topological polar surface area (TPSA) is 0 Å². The third-order valence-corrected chi connectivity index (χ3v) is 5.88. The zero-order valence-electron chi connectivity index (χ0n) is 8.74. The molecule has 0 spiro atoms. The quantitative estimate of drug-likeness (QED) is 0.437. The first-order valence-electron chi connectivity index (χ1n) is 5.06. The second-order valence-corrected chi connectivity index (χ2v) is 12.2. The minimum atomic E-state index is 0.283. The van der Waals surface area contributed by atoms with Crippen molar-refractivity contribution in [1.29, 1.82) is 0 Å². The van der Waals surface area contributed by atoms with Gasteiger partial charge in [0.25, 0.3) is 0 Å². The number of rotatable bonds is 6. The van der Waals surface area contributed by atoms with Gasteiger partial charge in [-0.1, -0.05) is 46.5 Å². The third-order valence-electron chi connectivity index (χ3n) is 2.03. The Bertz CT molecular complexity index is 86.1. The van der Waals surface area contributed by atoms with Gasteiger partial charge in [0.1, 0.15) is 0 Å². The molecule has 0 aromatic rings. The summed E-state index contributed by atoms with van der Waals surface area (Å²) in [5.41, 5.74) is 0. The summed E-state index contributed by atoms with van der Waals surface area (Å²) in [5, 5.41) is 0. The van der Waals surface area contributed by atoms with Crippen LogP contribution in [0.2, 0.25) is 7.72 Å². The van der Waals surface area contributed by atoms with Crippen LogP contribution in [0.15, 0.2) is 0 Å². The fraction of sp³-hybridized carbons (Fsp3) is 1.00. The predicted octanol–water partition coefficient (Wildman–Crippen LogP) is 2.21. The largest absolute Gasteiger partial charge is 0.367 e. The van der Waals surface area contributed by atoms with Gasteiger partial charge in [-0.2, -0.15) is 0 Å². The van der Waals surface area contributed by atoms with E-state index in [0.717, 1.165) is 3.17 Å². The van der Waals surface area contributed by atoms with Gasteiger partial charge in [0, 0.05) is 0 Å². The number of unbranched alkanes of at least 4 members (excludes halogenated alkanes) is 3. The monoisotopic (exact) mass is 182 g/mol. The van der Waals surface area contributed by atoms with E-state index in [4.69, 9.17) is 0 Å². The smallest absolute Gasteiger partial charge is 0.145 e. The van der Waals surface area contributed by atoms with E-state index in [-0.39, 0.29) is 20.4 Å². The second kappa shape index (κ2) is 6.49. The summed E-state index contributed by atoms with van der Waals surface area (Å²) in [4.78, 5) is 0. The first kappa shape index (κ1) is 12.0. The summed E-state index contributed by atoms with van der Waals surface area (Å²) in [6, 6.07) is 0. The van der Waals surface area contributed by atoms with Crippen LogP contribution < -0.4 is 0 Å². The number of hydrogen-bond acceptors (Lipinski definition) is 0. The molecule has 0 bridgehead atoms. The molecule has 0 aliphatic rings. The highest BCUT2D eigenvalue weighted by Gasteiger charge is 2.12. The third kappa shape index (κ3) is 11.0. The summed E-state index contributed by atoms with van der Waals surface area (Å²) in [6.07, 6.45) is 5.84. The van der Waals surface area contributed by atoms with E-state index in [1.165, 1.54) is 35.9 Å². The molecule has 0 saturated carbocycles. The molecule has 0 heterocycles. The van der Waals surface area contributed by atoms with Crippen molar-refractivity contribution in [3.8, 4) is 0 Å². The zero-order chi connectivity index (χ0) is 8.74. The van der Waals surface area contributed by atoms with Gasteiger partial charge in [-0.3, -0.25) is 0 Å². The molecule has 0 unspecified atom stereocenters. The lowest BCUT2D eigenvalue weighted by molar-refractivity contribution is 0.697. The fourth-order valence-corrected chi connectivity index (χ4v) is 3.98. The van der Waals surface area contributed by atoms with Crippen LogP contribution in [0.25, 0.3) is 0 Å². The van der Waals surface area contributed by atoms with Crippen LogP contribution in [0.5, 0.6) is 0 Å².